The Balaban J connectivity index is 1.46. The second-order valence-electron chi connectivity index (χ2n) is 8.50. The number of carbonyl (C=O) groups excluding carboxylic acids is 2. The zero-order valence-electron chi connectivity index (χ0n) is 16.9. The Bertz CT molecular complexity index is 942. The van der Waals surface area contributed by atoms with Crippen LogP contribution in [0.5, 0.6) is 0 Å². The van der Waals surface area contributed by atoms with E-state index in [1.54, 1.807) is 4.90 Å². The van der Waals surface area contributed by atoms with Gasteiger partial charge >= 0.3 is 0 Å². The van der Waals surface area contributed by atoms with Gasteiger partial charge in [0.2, 0.25) is 5.91 Å². The molecule has 5 rings (SSSR count). The normalized spacial score (nSPS) is 20.4. The molecular weight excluding hydrogens is 362 g/mol. The molecule has 1 spiro atoms. The van der Waals surface area contributed by atoms with E-state index in [4.69, 9.17) is 0 Å². The average Bonchev–Trinajstić information content (AvgIpc) is 3.38. The van der Waals surface area contributed by atoms with Crippen molar-refractivity contribution in [1.29, 1.82) is 0 Å². The molecule has 0 N–H and O–H groups in total. The van der Waals surface area contributed by atoms with Gasteiger partial charge < -0.3 is 14.7 Å². The summed E-state index contributed by atoms with van der Waals surface area (Å²) >= 11 is 0. The summed E-state index contributed by atoms with van der Waals surface area (Å²) in [6, 6.07) is 16.3. The third-order valence-electron chi connectivity index (χ3n) is 6.97. The van der Waals surface area contributed by atoms with Crippen LogP contribution in [0.3, 0.4) is 0 Å². The van der Waals surface area contributed by atoms with Crippen LogP contribution in [-0.4, -0.2) is 49.9 Å². The smallest absolute Gasteiger partial charge is 0.253 e. The van der Waals surface area contributed by atoms with Crippen molar-refractivity contribution < 1.29 is 9.59 Å². The molecule has 5 nitrogen and oxygen atoms in total. The maximum absolute atomic E-state index is 13.3. The summed E-state index contributed by atoms with van der Waals surface area (Å²) in [5, 5.41) is 0. The molecular formula is C24H27N3O2. The number of amides is 2. The summed E-state index contributed by atoms with van der Waals surface area (Å²) in [4.78, 5) is 32.4. The number of rotatable bonds is 2. The lowest BCUT2D eigenvalue weighted by molar-refractivity contribution is -0.123. The number of nitrogens with zero attached hydrogens (tertiary/aromatic N) is 3. The molecule has 5 heteroatoms. The fourth-order valence-electron chi connectivity index (χ4n) is 5.26. The van der Waals surface area contributed by atoms with Gasteiger partial charge in [-0.1, -0.05) is 18.2 Å². The molecule has 0 aliphatic carbocycles. The minimum Gasteiger partial charge on any atom is -0.371 e. The first-order valence-electron chi connectivity index (χ1n) is 10.6. The molecule has 0 aromatic heterocycles. The van der Waals surface area contributed by atoms with Gasteiger partial charge in [-0.15, -0.1) is 0 Å². The highest BCUT2D eigenvalue weighted by Crippen LogP contribution is 2.48. The quantitative estimate of drug-likeness (QED) is 0.790. The summed E-state index contributed by atoms with van der Waals surface area (Å²) in [6.07, 6.45) is 3.72. The van der Waals surface area contributed by atoms with E-state index >= 15 is 0 Å². The molecule has 3 heterocycles. The maximum Gasteiger partial charge on any atom is 0.253 e. The molecule has 0 bridgehead atoms. The van der Waals surface area contributed by atoms with Crippen LogP contribution < -0.4 is 9.80 Å². The molecule has 2 fully saturated rings. The lowest BCUT2D eigenvalue weighted by Gasteiger charge is -2.39. The van der Waals surface area contributed by atoms with E-state index in [0.717, 1.165) is 68.7 Å². The standard InChI is InChI=1S/C24H27N3O2/c1-25-21-10-9-18(22(28)27-13-5-6-14-27)17-20(21)24(23(25)29)11-15-26(16-12-24)19-7-3-2-4-8-19/h2-4,7-10,17H,5-6,11-16H2,1H3. The van der Waals surface area contributed by atoms with Gasteiger partial charge in [-0.3, -0.25) is 9.59 Å². The first-order valence-corrected chi connectivity index (χ1v) is 10.6. The van der Waals surface area contributed by atoms with Crippen LogP contribution in [0.15, 0.2) is 48.5 Å². The monoisotopic (exact) mass is 389 g/mol. The summed E-state index contributed by atoms with van der Waals surface area (Å²) < 4.78 is 0. The number of para-hydroxylation sites is 1. The topological polar surface area (TPSA) is 43.9 Å². The van der Waals surface area contributed by atoms with Crippen LogP contribution in [0.25, 0.3) is 0 Å². The molecule has 0 atom stereocenters. The maximum atomic E-state index is 13.3. The Kier molecular flexibility index (Phi) is 4.34. The molecule has 0 radical (unpaired) electrons. The van der Waals surface area contributed by atoms with E-state index in [1.165, 1.54) is 5.69 Å². The third-order valence-corrected chi connectivity index (χ3v) is 6.97. The van der Waals surface area contributed by atoms with Gasteiger partial charge in [-0.05, 0) is 61.6 Å². The van der Waals surface area contributed by atoms with Crippen molar-refractivity contribution in [2.75, 3.05) is 43.0 Å². The van der Waals surface area contributed by atoms with E-state index in [1.807, 2.05) is 36.2 Å². The summed E-state index contributed by atoms with van der Waals surface area (Å²) in [7, 11) is 1.86. The number of hydrogen-bond donors (Lipinski definition) is 0. The molecule has 29 heavy (non-hydrogen) atoms. The number of anilines is 2. The zero-order valence-corrected chi connectivity index (χ0v) is 16.9. The zero-order chi connectivity index (χ0) is 20.0. The van der Waals surface area contributed by atoms with Gasteiger partial charge in [0, 0.05) is 50.2 Å². The molecule has 3 aliphatic rings. The summed E-state index contributed by atoms with van der Waals surface area (Å²) in [6.45, 7) is 3.36. The fourth-order valence-corrected chi connectivity index (χ4v) is 5.26. The molecule has 150 valence electrons. The Labute approximate surface area is 171 Å². The van der Waals surface area contributed by atoms with E-state index in [2.05, 4.69) is 29.2 Å². The van der Waals surface area contributed by atoms with Crippen LogP contribution in [-0.2, 0) is 10.2 Å². The first-order chi connectivity index (χ1) is 14.1. The SMILES string of the molecule is CN1C(=O)C2(CCN(c3ccccc3)CC2)c2cc(C(=O)N3CCCC3)ccc21. The number of piperidine rings is 1. The Morgan fingerprint density at radius 1 is 0.931 bits per heavy atom. The van der Waals surface area contributed by atoms with Crippen molar-refractivity contribution in [3.8, 4) is 0 Å². The molecule has 0 unspecified atom stereocenters. The number of benzene rings is 2. The lowest BCUT2D eigenvalue weighted by Crippen LogP contribution is -2.48. The summed E-state index contributed by atoms with van der Waals surface area (Å²) in [5.74, 6) is 0.273. The number of fused-ring (bicyclic) bond motifs is 2. The minimum atomic E-state index is -0.503. The van der Waals surface area contributed by atoms with Crippen molar-refractivity contribution in [2.45, 2.75) is 31.1 Å². The fraction of sp³-hybridized carbons (Fsp3) is 0.417. The average molecular weight is 389 g/mol. The molecule has 2 aromatic carbocycles. The van der Waals surface area contributed by atoms with Gasteiger partial charge in [0.25, 0.3) is 5.91 Å². The van der Waals surface area contributed by atoms with Gasteiger partial charge in [0.05, 0.1) is 5.41 Å². The van der Waals surface area contributed by atoms with Gasteiger partial charge in [-0.2, -0.15) is 0 Å². The predicted molar refractivity (Wildman–Crippen MR) is 115 cm³/mol. The number of hydrogen-bond acceptors (Lipinski definition) is 3. The largest absolute Gasteiger partial charge is 0.371 e. The van der Waals surface area contributed by atoms with E-state index in [9.17, 15) is 9.59 Å². The van der Waals surface area contributed by atoms with Crippen molar-refractivity contribution in [3.05, 3.63) is 59.7 Å². The van der Waals surface area contributed by atoms with Crippen molar-refractivity contribution in [2.24, 2.45) is 0 Å². The van der Waals surface area contributed by atoms with Crippen molar-refractivity contribution in [3.63, 3.8) is 0 Å². The number of likely N-dealkylation sites (tertiary alicyclic amines) is 1. The second-order valence-corrected chi connectivity index (χ2v) is 8.50. The Hall–Kier alpha value is -2.82. The minimum absolute atomic E-state index is 0.101. The number of carbonyl (C=O) groups is 2. The Morgan fingerprint density at radius 3 is 2.31 bits per heavy atom. The van der Waals surface area contributed by atoms with E-state index in [0.29, 0.717) is 0 Å². The van der Waals surface area contributed by atoms with E-state index in [-0.39, 0.29) is 11.8 Å². The Morgan fingerprint density at radius 2 is 1.62 bits per heavy atom. The molecule has 3 aliphatic heterocycles. The second kappa shape index (κ2) is 6.90. The molecule has 0 saturated carbocycles. The van der Waals surface area contributed by atoms with Crippen LogP contribution in [0.2, 0.25) is 0 Å². The summed E-state index contributed by atoms with van der Waals surface area (Å²) in [5.41, 5.74) is 3.43. The van der Waals surface area contributed by atoms with Crippen molar-refractivity contribution in [1.82, 2.24) is 4.90 Å². The first kappa shape index (κ1) is 18.2. The molecule has 2 aromatic rings. The number of likely N-dealkylation sites (N-methyl/N-ethyl adjacent to an activating group) is 1. The highest BCUT2D eigenvalue weighted by molar-refractivity contribution is 6.09. The highest BCUT2D eigenvalue weighted by Gasteiger charge is 2.51. The van der Waals surface area contributed by atoms with Crippen LogP contribution in [0.1, 0.15) is 41.6 Å². The van der Waals surface area contributed by atoms with Crippen molar-refractivity contribution >= 4 is 23.2 Å². The van der Waals surface area contributed by atoms with E-state index < -0.39 is 5.41 Å². The molecule has 2 amide bonds. The van der Waals surface area contributed by atoms with Gasteiger partial charge in [-0.25, -0.2) is 0 Å². The third kappa shape index (κ3) is 2.83. The predicted octanol–water partition coefficient (Wildman–Crippen LogP) is 3.44. The van der Waals surface area contributed by atoms with Gasteiger partial charge in [0.15, 0.2) is 0 Å². The molecule has 2 saturated heterocycles. The van der Waals surface area contributed by atoms with Gasteiger partial charge in [0.1, 0.15) is 0 Å². The van der Waals surface area contributed by atoms with Crippen LogP contribution in [0.4, 0.5) is 11.4 Å². The highest BCUT2D eigenvalue weighted by atomic mass is 16.2. The lowest BCUT2D eigenvalue weighted by atomic mass is 9.73. The van der Waals surface area contributed by atoms with Crippen LogP contribution in [0, 0.1) is 0 Å². The van der Waals surface area contributed by atoms with Crippen LogP contribution >= 0.6 is 0 Å².